The molecule has 2 fully saturated rings. The summed E-state index contributed by atoms with van der Waals surface area (Å²) in [6, 6.07) is 6.41. The van der Waals surface area contributed by atoms with Crippen LogP contribution in [0, 0.1) is 5.92 Å². The minimum Gasteiger partial charge on any atom is -0.303 e. The maximum atomic E-state index is 12.8. The highest BCUT2D eigenvalue weighted by Gasteiger charge is 2.23. The molecule has 0 bridgehead atoms. The van der Waals surface area contributed by atoms with Gasteiger partial charge in [-0.15, -0.1) is 0 Å². The van der Waals surface area contributed by atoms with Crippen molar-refractivity contribution in [3.63, 3.8) is 0 Å². The fraction of sp³-hybridized carbons (Fsp3) is 0.696. The van der Waals surface area contributed by atoms with E-state index in [-0.39, 0.29) is 10.7 Å². The summed E-state index contributed by atoms with van der Waals surface area (Å²) in [5, 5.41) is 0. The highest BCUT2D eigenvalue weighted by molar-refractivity contribution is 7.89. The van der Waals surface area contributed by atoms with Crippen molar-refractivity contribution in [1.82, 2.24) is 14.1 Å². The van der Waals surface area contributed by atoms with E-state index in [1.807, 2.05) is 0 Å². The first-order chi connectivity index (χ1) is 14.4. The summed E-state index contributed by atoms with van der Waals surface area (Å²) in [5.74, 6) is 0.752. The number of benzene rings is 1. The average Bonchev–Trinajstić information content (AvgIpc) is 3.02. The number of rotatable bonds is 8. The lowest BCUT2D eigenvalue weighted by Gasteiger charge is -2.32. The molecule has 1 aromatic rings. The predicted octanol–water partition coefficient (Wildman–Crippen LogP) is 3.10. The molecule has 2 saturated heterocycles. The Labute approximate surface area is 182 Å². The van der Waals surface area contributed by atoms with Crippen LogP contribution < -0.4 is 0 Å². The summed E-state index contributed by atoms with van der Waals surface area (Å²) in [7, 11) is -0.526. The van der Waals surface area contributed by atoms with Gasteiger partial charge in [-0.05, 0) is 82.9 Å². The first-order valence-electron chi connectivity index (χ1n) is 11.4. The molecule has 30 heavy (non-hydrogen) atoms. The van der Waals surface area contributed by atoms with Crippen molar-refractivity contribution < 1.29 is 13.2 Å². The van der Waals surface area contributed by atoms with E-state index in [1.165, 1.54) is 76.2 Å². The van der Waals surface area contributed by atoms with Gasteiger partial charge in [-0.3, -0.25) is 9.69 Å². The van der Waals surface area contributed by atoms with Crippen molar-refractivity contribution in [2.75, 3.05) is 53.4 Å². The Hall–Kier alpha value is -1.28. The van der Waals surface area contributed by atoms with Gasteiger partial charge < -0.3 is 4.90 Å². The van der Waals surface area contributed by atoms with Gasteiger partial charge in [-0.2, -0.15) is 0 Å². The second-order valence-electron chi connectivity index (χ2n) is 9.00. The molecule has 6 nitrogen and oxygen atoms in total. The SMILES string of the molecule is CN(C)S(=O)(=O)c1cccc(C(=O)CN2CCC(CCN3CCCCCC3)CC2)c1. The third-order valence-corrected chi connectivity index (χ3v) is 8.37. The lowest BCUT2D eigenvalue weighted by atomic mass is 9.93. The van der Waals surface area contributed by atoms with Crippen LogP contribution in [0.3, 0.4) is 0 Å². The topological polar surface area (TPSA) is 60.9 Å². The molecule has 0 spiro atoms. The Bertz CT molecular complexity index is 794. The molecule has 7 heteroatoms. The molecule has 2 aliphatic rings. The van der Waals surface area contributed by atoms with E-state index in [9.17, 15) is 13.2 Å². The Morgan fingerprint density at radius 1 is 1.00 bits per heavy atom. The number of hydrogen-bond donors (Lipinski definition) is 0. The number of nitrogens with zero attached hydrogens (tertiary/aromatic N) is 3. The van der Waals surface area contributed by atoms with Gasteiger partial charge in [0.1, 0.15) is 0 Å². The van der Waals surface area contributed by atoms with E-state index in [0.717, 1.165) is 31.8 Å². The Morgan fingerprint density at radius 3 is 2.30 bits per heavy atom. The molecule has 0 aromatic heterocycles. The first kappa shape index (κ1) is 23.4. The van der Waals surface area contributed by atoms with Crippen LogP contribution in [0.15, 0.2) is 29.2 Å². The number of sulfonamides is 1. The summed E-state index contributed by atoms with van der Waals surface area (Å²) >= 11 is 0. The second-order valence-corrected chi connectivity index (χ2v) is 11.2. The lowest BCUT2D eigenvalue weighted by Crippen LogP contribution is -2.38. The van der Waals surface area contributed by atoms with E-state index < -0.39 is 10.0 Å². The zero-order chi connectivity index (χ0) is 21.6. The largest absolute Gasteiger partial charge is 0.303 e. The molecular weight excluding hydrogens is 398 g/mol. The zero-order valence-electron chi connectivity index (χ0n) is 18.6. The molecule has 0 saturated carbocycles. The predicted molar refractivity (Wildman–Crippen MR) is 120 cm³/mol. The molecule has 0 aliphatic carbocycles. The van der Waals surface area contributed by atoms with Crippen molar-refractivity contribution in [2.24, 2.45) is 5.92 Å². The molecule has 0 amide bonds. The van der Waals surface area contributed by atoms with Crippen molar-refractivity contribution in [2.45, 2.75) is 49.8 Å². The van der Waals surface area contributed by atoms with E-state index in [0.29, 0.717) is 12.1 Å². The fourth-order valence-electron chi connectivity index (χ4n) is 4.49. The van der Waals surface area contributed by atoms with E-state index in [2.05, 4.69) is 9.80 Å². The smallest absolute Gasteiger partial charge is 0.242 e. The van der Waals surface area contributed by atoms with Crippen molar-refractivity contribution in [1.29, 1.82) is 0 Å². The lowest BCUT2D eigenvalue weighted by molar-refractivity contribution is 0.0888. The van der Waals surface area contributed by atoms with E-state index in [4.69, 9.17) is 0 Å². The zero-order valence-corrected chi connectivity index (χ0v) is 19.4. The quantitative estimate of drug-likeness (QED) is 0.587. The summed E-state index contributed by atoms with van der Waals surface area (Å²) in [5.41, 5.74) is 0.473. The number of hydrogen-bond acceptors (Lipinski definition) is 5. The Kier molecular flexibility index (Phi) is 8.45. The number of carbonyl (C=O) groups is 1. The number of ketones is 1. The molecule has 0 atom stereocenters. The summed E-state index contributed by atoms with van der Waals surface area (Å²) in [6.45, 7) is 6.01. The molecule has 3 rings (SSSR count). The average molecular weight is 436 g/mol. The van der Waals surface area contributed by atoms with Crippen molar-refractivity contribution in [3.05, 3.63) is 29.8 Å². The number of Topliss-reactive ketones (excluding diaryl/α,β-unsaturated/α-hetero) is 1. The number of likely N-dealkylation sites (tertiary alicyclic amines) is 2. The van der Waals surface area contributed by atoms with Crippen LogP contribution in [0.2, 0.25) is 0 Å². The van der Waals surface area contributed by atoms with Crippen LogP contribution in [-0.4, -0.2) is 81.7 Å². The van der Waals surface area contributed by atoms with Crippen molar-refractivity contribution in [3.8, 4) is 0 Å². The van der Waals surface area contributed by atoms with Crippen LogP contribution in [0.4, 0.5) is 0 Å². The van der Waals surface area contributed by atoms with E-state index in [1.54, 1.807) is 18.2 Å². The molecular formula is C23H37N3O3S. The highest BCUT2D eigenvalue weighted by atomic mass is 32.2. The van der Waals surface area contributed by atoms with Crippen LogP contribution in [0.1, 0.15) is 55.3 Å². The Morgan fingerprint density at radius 2 is 1.67 bits per heavy atom. The minimum atomic E-state index is -3.53. The van der Waals surface area contributed by atoms with Gasteiger partial charge in [0, 0.05) is 19.7 Å². The molecule has 168 valence electrons. The van der Waals surface area contributed by atoms with Gasteiger partial charge in [0.05, 0.1) is 11.4 Å². The summed E-state index contributed by atoms with van der Waals surface area (Å²) in [4.78, 5) is 17.8. The van der Waals surface area contributed by atoms with Gasteiger partial charge >= 0.3 is 0 Å². The third kappa shape index (κ3) is 6.36. The van der Waals surface area contributed by atoms with Gasteiger partial charge in [0.2, 0.25) is 10.0 Å². The maximum Gasteiger partial charge on any atom is 0.242 e. The molecule has 0 unspecified atom stereocenters. The molecule has 1 aromatic carbocycles. The van der Waals surface area contributed by atoms with Gasteiger partial charge in [0.25, 0.3) is 0 Å². The Balaban J connectivity index is 1.46. The highest BCUT2D eigenvalue weighted by Crippen LogP contribution is 2.22. The number of carbonyl (C=O) groups excluding carboxylic acids is 1. The van der Waals surface area contributed by atoms with Crippen LogP contribution >= 0.6 is 0 Å². The third-order valence-electron chi connectivity index (χ3n) is 6.56. The molecule has 2 aliphatic heterocycles. The van der Waals surface area contributed by atoms with Crippen molar-refractivity contribution >= 4 is 15.8 Å². The summed E-state index contributed by atoms with van der Waals surface area (Å²) < 4.78 is 25.8. The fourth-order valence-corrected chi connectivity index (χ4v) is 5.44. The molecule has 0 radical (unpaired) electrons. The number of piperidine rings is 1. The van der Waals surface area contributed by atoms with Crippen LogP contribution in [-0.2, 0) is 10.0 Å². The summed E-state index contributed by atoms with van der Waals surface area (Å²) in [6.07, 6.45) is 9.02. The minimum absolute atomic E-state index is 0.00572. The second kappa shape index (κ2) is 10.8. The molecule has 0 N–H and O–H groups in total. The maximum absolute atomic E-state index is 12.8. The van der Waals surface area contributed by atoms with Gasteiger partial charge in [-0.1, -0.05) is 25.0 Å². The van der Waals surface area contributed by atoms with Gasteiger partial charge in [0.15, 0.2) is 5.78 Å². The monoisotopic (exact) mass is 435 g/mol. The van der Waals surface area contributed by atoms with Gasteiger partial charge in [-0.25, -0.2) is 12.7 Å². The van der Waals surface area contributed by atoms with E-state index >= 15 is 0 Å². The molecule has 2 heterocycles. The van der Waals surface area contributed by atoms with Crippen LogP contribution in [0.25, 0.3) is 0 Å². The first-order valence-corrected chi connectivity index (χ1v) is 12.8. The normalized spacial score (nSPS) is 20.4. The van der Waals surface area contributed by atoms with Crippen LogP contribution in [0.5, 0.6) is 0 Å². The standard InChI is InChI=1S/C23H37N3O3S/c1-24(2)30(28,29)22-9-7-8-21(18-22)23(27)19-26-16-11-20(12-17-26)10-15-25-13-5-3-4-6-14-25/h7-9,18,20H,3-6,10-17,19H2,1-2H3.